The maximum absolute atomic E-state index is 8.83. The van der Waals surface area contributed by atoms with Crippen LogP contribution in [0.5, 0.6) is 0 Å². The molecule has 1 unspecified atom stereocenters. The van der Waals surface area contributed by atoms with Crippen LogP contribution in [-0.2, 0) is 0 Å². The summed E-state index contributed by atoms with van der Waals surface area (Å²) in [6, 6.07) is 13.2. The molecule has 1 aromatic heterocycles. The predicted molar refractivity (Wildman–Crippen MR) is 71.8 cm³/mol. The van der Waals surface area contributed by atoms with Crippen molar-refractivity contribution in [3.63, 3.8) is 0 Å². The molecule has 1 atom stereocenters. The summed E-state index contributed by atoms with van der Waals surface area (Å²) in [5.74, 6) is 0.671. The molecule has 0 saturated heterocycles. The third-order valence-corrected chi connectivity index (χ3v) is 2.72. The molecular formula is C14H14N4. The Kier molecular flexibility index (Phi) is 3.44. The zero-order valence-electron chi connectivity index (χ0n) is 10.1. The van der Waals surface area contributed by atoms with Crippen LogP contribution in [-0.4, -0.2) is 4.98 Å². The number of nitrogen functional groups attached to an aromatic ring is 1. The highest BCUT2D eigenvalue weighted by Gasteiger charge is 2.08. The topological polar surface area (TPSA) is 74.7 Å². The van der Waals surface area contributed by atoms with E-state index in [0.29, 0.717) is 11.4 Å². The number of nitriles is 1. The minimum absolute atomic E-state index is 0.0349. The number of para-hydroxylation sites is 1. The molecule has 0 amide bonds. The average molecular weight is 238 g/mol. The first-order chi connectivity index (χ1) is 8.70. The fraction of sp³-hybridized carbons (Fsp3) is 0.143. The number of anilines is 2. The van der Waals surface area contributed by atoms with Crippen molar-refractivity contribution < 1.29 is 0 Å². The number of rotatable bonds is 3. The summed E-state index contributed by atoms with van der Waals surface area (Å²) in [5, 5.41) is 12.1. The average Bonchev–Trinajstić information content (AvgIpc) is 2.39. The van der Waals surface area contributed by atoms with Crippen LogP contribution in [0.4, 0.5) is 11.5 Å². The maximum atomic E-state index is 8.83. The molecule has 2 rings (SSSR count). The Morgan fingerprint density at radius 2 is 2.11 bits per heavy atom. The number of nitrogens with one attached hydrogen (secondary N) is 1. The number of pyridine rings is 1. The summed E-state index contributed by atoms with van der Waals surface area (Å²) in [6.07, 6.45) is 1.61. The Hall–Kier alpha value is -2.54. The van der Waals surface area contributed by atoms with Gasteiger partial charge in [-0.15, -0.1) is 0 Å². The third-order valence-electron chi connectivity index (χ3n) is 2.72. The molecule has 0 saturated carbocycles. The van der Waals surface area contributed by atoms with Gasteiger partial charge in [0.1, 0.15) is 5.82 Å². The molecule has 1 heterocycles. The van der Waals surface area contributed by atoms with Gasteiger partial charge in [-0.05, 0) is 30.7 Å². The van der Waals surface area contributed by atoms with E-state index >= 15 is 0 Å². The molecule has 90 valence electrons. The monoisotopic (exact) mass is 238 g/mol. The van der Waals surface area contributed by atoms with Gasteiger partial charge in [0.25, 0.3) is 0 Å². The van der Waals surface area contributed by atoms with E-state index in [2.05, 4.69) is 16.4 Å². The highest BCUT2D eigenvalue weighted by Crippen LogP contribution is 2.23. The number of hydrogen-bond donors (Lipinski definition) is 2. The van der Waals surface area contributed by atoms with Crippen LogP contribution in [0.15, 0.2) is 42.6 Å². The van der Waals surface area contributed by atoms with E-state index in [1.165, 1.54) is 0 Å². The van der Waals surface area contributed by atoms with Crippen molar-refractivity contribution in [2.75, 3.05) is 11.1 Å². The molecule has 1 aromatic carbocycles. The number of nitrogens with two attached hydrogens (primary N) is 1. The summed E-state index contributed by atoms with van der Waals surface area (Å²) in [5.41, 5.74) is 8.26. The van der Waals surface area contributed by atoms with Crippen LogP contribution < -0.4 is 11.1 Å². The van der Waals surface area contributed by atoms with Gasteiger partial charge in [0.15, 0.2) is 0 Å². The summed E-state index contributed by atoms with van der Waals surface area (Å²) in [4.78, 5) is 4.18. The van der Waals surface area contributed by atoms with Crippen molar-refractivity contribution in [1.82, 2.24) is 4.98 Å². The van der Waals surface area contributed by atoms with Gasteiger partial charge in [-0.1, -0.05) is 18.2 Å². The van der Waals surface area contributed by atoms with E-state index in [9.17, 15) is 0 Å². The minimum Gasteiger partial charge on any atom is -0.398 e. The van der Waals surface area contributed by atoms with E-state index in [1.54, 1.807) is 18.3 Å². The number of benzene rings is 1. The van der Waals surface area contributed by atoms with Gasteiger partial charge >= 0.3 is 0 Å². The number of hydrogen-bond acceptors (Lipinski definition) is 4. The van der Waals surface area contributed by atoms with Gasteiger partial charge in [-0.2, -0.15) is 5.26 Å². The molecule has 0 spiro atoms. The van der Waals surface area contributed by atoms with Crippen molar-refractivity contribution in [2.45, 2.75) is 13.0 Å². The molecule has 3 N–H and O–H groups in total. The molecule has 0 bridgehead atoms. The predicted octanol–water partition coefficient (Wildman–Crippen LogP) is 2.71. The summed E-state index contributed by atoms with van der Waals surface area (Å²) in [6.45, 7) is 2.01. The van der Waals surface area contributed by atoms with Gasteiger partial charge < -0.3 is 11.1 Å². The van der Waals surface area contributed by atoms with Crippen LogP contribution in [0.2, 0.25) is 0 Å². The van der Waals surface area contributed by atoms with Gasteiger partial charge in [0.2, 0.25) is 0 Å². The Bertz CT molecular complexity index is 586. The van der Waals surface area contributed by atoms with E-state index < -0.39 is 0 Å². The van der Waals surface area contributed by atoms with Gasteiger partial charge in [0.05, 0.1) is 17.7 Å². The van der Waals surface area contributed by atoms with E-state index in [-0.39, 0.29) is 6.04 Å². The van der Waals surface area contributed by atoms with Crippen LogP contribution in [0.1, 0.15) is 24.1 Å². The normalized spacial score (nSPS) is 11.6. The quantitative estimate of drug-likeness (QED) is 0.806. The van der Waals surface area contributed by atoms with Gasteiger partial charge in [0, 0.05) is 11.9 Å². The smallest absolute Gasteiger partial charge is 0.127 e. The Balaban J connectivity index is 2.19. The SMILES string of the molecule is CC(Nc1cc(C#N)ccn1)c1ccccc1N. The highest BCUT2D eigenvalue weighted by atomic mass is 15.0. The lowest BCUT2D eigenvalue weighted by atomic mass is 10.1. The van der Waals surface area contributed by atoms with Crippen molar-refractivity contribution in [3.8, 4) is 6.07 Å². The van der Waals surface area contributed by atoms with Gasteiger partial charge in [-0.25, -0.2) is 4.98 Å². The van der Waals surface area contributed by atoms with E-state index in [4.69, 9.17) is 11.0 Å². The van der Waals surface area contributed by atoms with Crippen molar-refractivity contribution in [1.29, 1.82) is 5.26 Å². The lowest BCUT2D eigenvalue weighted by molar-refractivity contribution is 0.877. The second kappa shape index (κ2) is 5.19. The maximum Gasteiger partial charge on any atom is 0.127 e. The lowest BCUT2D eigenvalue weighted by Crippen LogP contribution is -2.10. The van der Waals surface area contributed by atoms with E-state index in [1.807, 2.05) is 31.2 Å². The molecule has 0 radical (unpaired) electrons. The molecule has 0 aliphatic rings. The highest BCUT2D eigenvalue weighted by molar-refractivity contribution is 5.51. The van der Waals surface area contributed by atoms with Crippen molar-refractivity contribution in [3.05, 3.63) is 53.7 Å². The fourth-order valence-electron chi connectivity index (χ4n) is 1.78. The zero-order valence-corrected chi connectivity index (χ0v) is 10.1. The standard InChI is InChI=1S/C14H14N4/c1-10(12-4-2-3-5-13(12)16)18-14-8-11(9-15)6-7-17-14/h2-8,10H,16H2,1H3,(H,17,18). The molecule has 2 aromatic rings. The molecule has 18 heavy (non-hydrogen) atoms. The van der Waals surface area contributed by atoms with Gasteiger partial charge in [-0.3, -0.25) is 0 Å². The second-order valence-electron chi connectivity index (χ2n) is 4.04. The molecule has 0 aliphatic carbocycles. The van der Waals surface area contributed by atoms with Crippen molar-refractivity contribution >= 4 is 11.5 Å². The molecular weight excluding hydrogens is 224 g/mol. The molecule has 4 nitrogen and oxygen atoms in total. The Morgan fingerprint density at radius 3 is 2.83 bits per heavy atom. The minimum atomic E-state index is 0.0349. The number of nitrogens with zero attached hydrogens (tertiary/aromatic N) is 2. The van der Waals surface area contributed by atoms with Crippen LogP contribution in [0, 0.1) is 11.3 Å². The first-order valence-corrected chi connectivity index (χ1v) is 5.68. The zero-order chi connectivity index (χ0) is 13.0. The Morgan fingerprint density at radius 1 is 1.33 bits per heavy atom. The summed E-state index contributed by atoms with van der Waals surface area (Å²) < 4.78 is 0. The number of aromatic nitrogens is 1. The Labute approximate surface area is 106 Å². The third kappa shape index (κ3) is 2.58. The van der Waals surface area contributed by atoms with E-state index in [0.717, 1.165) is 11.3 Å². The lowest BCUT2D eigenvalue weighted by Gasteiger charge is -2.16. The molecule has 0 fully saturated rings. The van der Waals surface area contributed by atoms with Crippen LogP contribution in [0.3, 0.4) is 0 Å². The molecule has 4 heteroatoms. The van der Waals surface area contributed by atoms with Crippen molar-refractivity contribution in [2.24, 2.45) is 0 Å². The summed E-state index contributed by atoms with van der Waals surface area (Å²) >= 11 is 0. The largest absolute Gasteiger partial charge is 0.398 e. The molecule has 0 aliphatic heterocycles. The van der Waals surface area contributed by atoms with Crippen LogP contribution >= 0.6 is 0 Å². The summed E-state index contributed by atoms with van der Waals surface area (Å²) in [7, 11) is 0. The first-order valence-electron chi connectivity index (χ1n) is 5.68. The fourth-order valence-corrected chi connectivity index (χ4v) is 1.78. The van der Waals surface area contributed by atoms with Crippen LogP contribution in [0.25, 0.3) is 0 Å². The first kappa shape index (κ1) is 11.9. The second-order valence-corrected chi connectivity index (χ2v) is 4.04.